The smallest absolute Gasteiger partial charge is 0.383 e. The first-order chi connectivity index (χ1) is 14.4. The topological polar surface area (TPSA) is 59.0 Å². The van der Waals surface area contributed by atoms with E-state index >= 15 is 0 Å². The lowest BCUT2D eigenvalue weighted by Crippen LogP contribution is -2.32. The molecular weight excluding hydrogens is 393 g/mol. The summed E-state index contributed by atoms with van der Waals surface area (Å²) in [6, 6.07) is 20.1. The van der Waals surface area contributed by atoms with Gasteiger partial charge in [0.1, 0.15) is 6.54 Å². The number of hydrogen-bond acceptors (Lipinski definition) is 3. The number of aromatic nitrogens is 2. The molecule has 3 aromatic carbocycles. The number of rotatable bonds is 6. The van der Waals surface area contributed by atoms with Crippen LogP contribution in [0.3, 0.4) is 0 Å². The summed E-state index contributed by atoms with van der Waals surface area (Å²) >= 11 is 0. The minimum atomic E-state index is -4.64. The van der Waals surface area contributed by atoms with Crippen LogP contribution in [0, 0.1) is 0 Å². The van der Waals surface area contributed by atoms with Crippen LogP contribution in [-0.2, 0) is 17.5 Å². The molecule has 30 heavy (non-hydrogen) atoms. The first-order valence-electron chi connectivity index (χ1n) is 9.44. The molecule has 0 spiro atoms. The second-order valence-corrected chi connectivity index (χ2v) is 6.85. The lowest BCUT2D eigenvalue weighted by molar-refractivity contribution is -0.147. The van der Waals surface area contributed by atoms with E-state index < -0.39 is 24.5 Å². The lowest BCUT2D eigenvalue weighted by atomic mass is 10.1. The van der Waals surface area contributed by atoms with Gasteiger partial charge in [-0.05, 0) is 35.0 Å². The van der Waals surface area contributed by atoms with E-state index in [9.17, 15) is 18.0 Å². The molecule has 0 fully saturated rings. The zero-order chi connectivity index (χ0) is 21.1. The van der Waals surface area contributed by atoms with Crippen molar-refractivity contribution in [3.05, 3.63) is 72.6 Å². The summed E-state index contributed by atoms with van der Waals surface area (Å²) in [5.41, 5.74) is 1.38. The zero-order valence-corrected chi connectivity index (χ0v) is 15.9. The van der Waals surface area contributed by atoms with E-state index in [4.69, 9.17) is 0 Å². The van der Waals surface area contributed by atoms with Gasteiger partial charge in [-0.2, -0.15) is 13.2 Å². The fraction of sp³-hybridized carbons (Fsp3) is 0.182. The number of halogens is 3. The molecule has 8 heteroatoms. The van der Waals surface area contributed by atoms with Crippen molar-refractivity contribution in [2.75, 3.05) is 18.4 Å². The number of anilines is 1. The third-order valence-corrected chi connectivity index (χ3v) is 4.74. The van der Waals surface area contributed by atoms with Gasteiger partial charge in [-0.1, -0.05) is 42.5 Å². The van der Waals surface area contributed by atoms with Gasteiger partial charge in [0.15, 0.2) is 0 Å². The van der Waals surface area contributed by atoms with Gasteiger partial charge < -0.3 is 15.2 Å². The first kappa shape index (κ1) is 19.8. The highest BCUT2D eigenvalue weighted by molar-refractivity contribution is 5.85. The minimum absolute atomic E-state index is 0.204. The van der Waals surface area contributed by atoms with E-state index in [0.29, 0.717) is 6.54 Å². The molecule has 154 valence electrons. The molecule has 0 saturated carbocycles. The number of amides is 1. The SMILES string of the molecule is O=C(Cn1c(C(F)(F)F)nc2ccccc21)NCCNc1ccc2ccccc2c1. The van der Waals surface area contributed by atoms with Gasteiger partial charge in [-0.15, -0.1) is 0 Å². The Bertz CT molecular complexity index is 1200. The van der Waals surface area contributed by atoms with Gasteiger partial charge in [0.25, 0.3) is 0 Å². The van der Waals surface area contributed by atoms with Gasteiger partial charge in [0.05, 0.1) is 11.0 Å². The molecule has 1 amide bonds. The Morgan fingerprint density at radius 1 is 0.933 bits per heavy atom. The Morgan fingerprint density at radius 3 is 2.47 bits per heavy atom. The standard InChI is InChI=1S/C22H19F3N4O/c23-22(24,25)21-28-18-7-3-4-8-19(18)29(21)14-20(30)27-12-11-26-17-10-9-15-5-1-2-6-16(15)13-17/h1-10,13,26H,11-12,14H2,(H,27,30). The molecule has 0 atom stereocenters. The van der Waals surface area contributed by atoms with Crippen molar-refractivity contribution < 1.29 is 18.0 Å². The monoisotopic (exact) mass is 412 g/mol. The number of fused-ring (bicyclic) bond motifs is 2. The van der Waals surface area contributed by atoms with Crippen molar-refractivity contribution in [2.24, 2.45) is 0 Å². The molecule has 5 nitrogen and oxygen atoms in total. The normalized spacial score (nSPS) is 11.7. The van der Waals surface area contributed by atoms with Crippen molar-refractivity contribution in [3.8, 4) is 0 Å². The number of alkyl halides is 3. The average molecular weight is 412 g/mol. The van der Waals surface area contributed by atoms with Gasteiger partial charge in [0, 0.05) is 18.8 Å². The second-order valence-electron chi connectivity index (χ2n) is 6.85. The number of carbonyl (C=O) groups is 1. The molecule has 0 radical (unpaired) electrons. The largest absolute Gasteiger partial charge is 0.449 e. The number of nitrogens with zero attached hydrogens (tertiary/aromatic N) is 2. The maximum Gasteiger partial charge on any atom is 0.449 e. The van der Waals surface area contributed by atoms with Crippen molar-refractivity contribution in [3.63, 3.8) is 0 Å². The zero-order valence-electron chi connectivity index (χ0n) is 15.9. The number of nitrogens with one attached hydrogen (secondary N) is 2. The van der Waals surface area contributed by atoms with Gasteiger partial charge in [0.2, 0.25) is 11.7 Å². The van der Waals surface area contributed by atoms with Crippen LogP contribution in [0.25, 0.3) is 21.8 Å². The molecule has 4 aromatic rings. The Balaban J connectivity index is 1.37. The molecule has 0 unspecified atom stereocenters. The summed E-state index contributed by atoms with van der Waals surface area (Å²) in [6.45, 7) is 0.270. The molecule has 4 rings (SSSR count). The number of para-hydroxylation sites is 2. The van der Waals surface area contributed by atoms with E-state index in [0.717, 1.165) is 21.0 Å². The van der Waals surface area contributed by atoms with Crippen LogP contribution in [0.5, 0.6) is 0 Å². The van der Waals surface area contributed by atoms with Crippen molar-refractivity contribution >= 4 is 33.4 Å². The van der Waals surface area contributed by atoms with Crippen LogP contribution in [0.2, 0.25) is 0 Å². The second kappa shape index (κ2) is 8.06. The molecule has 0 bridgehead atoms. The highest BCUT2D eigenvalue weighted by Crippen LogP contribution is 2.31. The minimum Gasteiger partial charge on any atom is -0.383 e. The maximum atomic E-state index is 13.3. The van der Waals surface area contributed by atoms with Gasteiger partial charge >= 0.3 is 6.18 Å². The quantitative estimate of drug-likeness (QED) is 0.461. The number of hydrogen-bond donors (Lipinski definition) is 2. The Morgan fingerprint density at radius 2 is 1.67 bits per heavy atom. The van der Waals surface area contributed by atoms with Crippen LogP contribution in [0.4, 0.5) is 18.9 Å². The average Bonchev–Trinajstić information content (AvgIpc) is 3.10. The fourth-order valence-electron chi connectivity index (χ4n) is 3.36. The summed E-state index contributed by atoms with van der Waals surface area (Å²) in [7, 11) is 0. The van der Waals surface area contributed by atoms with Gasteiger partial charge in [-0.25, -0.2) is 4.98 Å². The third kappa shape index (κ3) is 4.22. The van der Waals surface area contributed by atoms with E-state index in [-0.39, 0.29) is 17.6 Å². The highest BCUT2D eigenvalue weighted by Gasteiger charge is 2.37. The summed E-state index contributed by atoms with van der Waals surface area (Å²) in [4.78, 5) is 15.9. The third-order valence-electron chi connectivity index (χ3n) is 4.74. The van der Waals surface area contributed by atoms with Crippen LogP contribution in [0.1, 0.15) is 5.82 Å². The van der Waals surface area contributed by atoms with E-state index in [2.05, 4.69) is 15.6 Å². The summed E-state index contributed by atoms with van der Waals surface area (Å²) in [6.07, 6.45) is -4.64. The number of imidazole rings is 1. The Labute approximate surface area is 170 Å². The van der Waals surface area contributed by atoms with Crippen LogP contribution < -0.4 is 10.6 Å². The summed E-state index contributed by atoms with van der Waals surface area (Å²) in [5.74, 6) is -1.59. The van der Waals surface area contributed by atoms with Crippen molar-refractivity contribution in [1.29, 1.82) is 0 Å². The van der Waals surface area contributed by atoms with Crippen LogP contribution >= 0.6 is 0 Å². The van der Waals surface area contributed by atoms with E-state index in [1.54, 1.807) is 12.1 Å². The molecule has 1 aromatic heterocycles. The molecule has 1 heterocycles. The fourth-order valence-corrected chi connectivity index (χ4v) is 3.36. The molecule has 2 N–H and O–H groups in total. The van der Waals surface area contributed by atoms with Crippen LogP contribution in [0.15, 0.2) is 66.7 Å². The van der Waals surface area contributed by atoms with Crippen LogP contribution in [-0.4, -0.2) is 28.5 Å². The Hall–Kier alpha value is -3.55. The Kier molecular flexibility index (Phi) is 5.31. The molecule has 0 aliphatic carbocycles. The number of benzene rings is 3. The summed E-state index contributed by atoms with van der Waals surface area (Å²) in [5, 5.41) is 8.08. The summed E-state index contributed by atoms with van der Waals surface area (Å²) < 4.78 is 40.9. The van der Waals surface area contributed by atoms with E-state index in [1.807, 2.05) is 42.5 Å². The first-order valence-corrected chi connectivity index (χ1v) is 9.44. The lowest BCUT2D eigenvalue weighted by Gasteiger charge is -2.12. The highest BCUT2D eigenvalue weighted by atomic mass is 19.4. The van der Waals surface area contributed by atoms with Crippen molar-refractivity contribution in [1.82, 2.24) is 14.9 Å². The van der Waals surface area contributed by atoms with E-state index in [1.165, 1.54) is 12.1 Å². The number of carbonyl (C=O) groups excluding carboxylic acids is 1. The molecular formula is C22H19F3N4O. The predicted molar refractivity (Wildman–Crippen MR) is 110 cm³/mol. The van der Waals surface area contributed by atoms with Gasteiger partial charge in [-0.3, -0.25) is 4.79 Å². The molecule has 0 saturated heterocycles. The maximum absolute atomic E-state index is 13.3. The molecule has 0 aliphatic rings. The molecule has 0 aliphatic heterocycles. The predicted octanol–water partition coefficient (Wildman–Crippen LogP) is 4.44. The van der Waals surface area contributed by atoms with Crippen molar-refractivity contribution in [2.45, 2.75) is 12.7 Å².